The summed E-state index contributed by atoms with van der Waals surface area (Å²) < 4.78 is 0. The molecule has 23 heavy (non-hydrogen) atoms. The summed E-state index contributed by atoms with van der Waals surface area (Å²) >= 11 is 8.07. The van der Waals surface area contributed by atoms with Crippen LogP contribution < -0.4 is 0 Å². The van der Waals surface area contributed by atoms with E-state index in [1.807, 2.05) is 30.0 Å². The maximum absolute atomic E-state index is 6.15. The summed E-state index contributed by atoms with van der Waals surface area (Å²) in [6, 6.07) is 14.4. The number of halogens is 1. The van der Waals surface area contributed by atoms with Gasteiger partial charge in [-0.3, -0.25) is 0 Å². The van der Waals surface area contributed by atoms with Crippen LogP contribution in [0.2, 0.25) is 5.02 Å². The molecule has 2 nitrogen and oxygen atoms in total. The van der Waals surface area contributed by atoms with E-state index < -0.39 is 0 Å². The Morgan fingerprint density at radius 3 is 2.52 bits per heavy atom. The molecule has 0 saturated heterocycles. The number of rotatable bonds is 6. The molecule has 0 radical (unpaired) electrons. The fourth-order valence-electron chi connectivity index (χ4n) is 2.80. The molecule has 1 heterocycles. The van der Waals surface area contributed by atoms with Gasteiger partial charge in [-0.1, -0.05) is 49.7 Å². The van der Waals surface area contributed by atoms with Gasteiger partial charge in [0, 0.05) is 33.0 Å². The molecule has 0 aliphatic heterocycles. The van der Waals surface area contributed by atoms with Gasteiger partial charge in [0.15, 0.2) is 0 Å². The fourth-order valence-corrected chi connectivity index (χ4v) is 4.18. The number of fused-ring (bicyclic) bond motifs is 2. The van der Waals surface area contributed by atoms with Gasteiger partial charge >= 0.3 is 0 Å². The minimum Gasteiger partial charge on any atom is -0.303 e. The summed E-state index contributed by atoms with van der Waals surface area (Å²) in [6.07, 6.45) is 0. The first kappa shape index (κ1) is 16.6. The zero-order valence-corrected chi connectivity index (χ0v) is 15.1. The van der Waals surface area contributed by atoms with Gasteiger partial charge in [0.1, 0.15) is 0 Å². The highest BCUT2D eigenvalue weighted by Crippen LogP contribution is 2.35. The van der Waals surface area contributed by atoms with Gasteiger partial charge in [0.2, 0.25) is 0 Å². The average Bonchev–Trinajstić information content (AvgIpc) is 2.57. The minimum absolute atomic E-state index is 0.736. The third kappa shape index (κ3) is 3.63. The molecule has 0 unspecified atom stereocenters. The molecule has 0 bridgehead atoms. The molecule has 0 spiro atoms. The molecule has 0 aliphatic carbocycles. The van der Waals surface area contributed by atoms with Crippen LogP contribution in [0, 0.1) is 0 Å². The first-order valence-corrected chi connectivity index (χ1v) is 9.42. The first-order valence-electron chi connectivity index (χ1n) is 8.06. The van der Waals surface area contributed by atoms with E-state index in [2.05, 4.69) is 43.0 Å². The molecule has 3 rings (SSSR count). The molecule has 0 N–H and O–H groups in total. The lowest BCUT2D eigenvalue weighted by Crippen LogP contribution is -2.25. The summed E-state index contributed by atoms with van der Waals surface area (Å²) in [7, 11) is 0. The monoisotopic (exact) mass is 344 g/mol. The van der Waals surface area contributed by atoms with Crippen LogP contribution in [0.3, 0.4) is 0 Å². The number of thioether (sulfide) groups is 1. The predicted octanol–water partition coefficient (Wildman–Crippen LogP) is 5.48. The van der Waals surface area contributed by atoms with Crippen LogP contribution >= 0.6 is 23.4 Å². The van der Waals surface area contributed by atoms with Gasteiger partial charge < -0.3 is 4.90 Å². The smallest absolute Gasteiger partial charge is 0.0735 e. The Kier molecular flexibility index (Phi) is 5.42. The molecule has 120 valence electrons. The van der Waals surface area contributed by atoms with Gasteiger partial charge in [-0.2, -0.15) is 0 Å². The molecular formula is C19H21ClN2S. The normalized spacial score (nSPS) is 11.7. The van der Waals surface area contributed by atoms with Crippen LogP contribution in [0.4, 0.5) is 0 Å². The Bertz CT molecular complexity index is 815. The van der Waals surface area contributed by atoms with E-state index in [-0.39, 0.29) is 0 Å². The molecule has 0 aliphatic rings. The SMILES string of the molecule is CCN(CC)CCSc1c2ccccc2nc2cc(Cl)ccc12. The second-order valence-electron chi connectivity index (χ2n) is 5.49. The highest BCUT2D eigenvalue weighted by molar-refractivity contribution is 7.99. The second kappa shape index (κ2) is 7.52. The highest BCUT2D eigenvalue weighted by Gasteiger charge is 2.10. The number of benzene rings is 2. The van der Waals surface area contributed by atoms with Crippen molar-refractivity contribution in [1.29, 1.82) is 0 Å². The molecular weight excluding hydrogens is 324 g/mol. The minimum atomic E-state index is 0.736. The van der Waals surface area contributed by atoms with Gasteiger partial charge in [0.25, 0.3) is 0 Å². The van der Waals surface area contributed by atoms with Crippen molar-refractivity contribution in [3.63, 3.8) is 0 Å². The number of hydrogen-bond acceptors (Lipinski definition) is 3. The lowest BCUT2D eigenvalue weighted by molar-refractivity contribution is 0.324. The van der Waals surface area contributed by atoms with Crippen molar-refractivity contribution < 1.29 is 0 Å². The highest BCUT2D eigenvalue weighted by atomic mass is 35.5. The number of para-hydroxylation sites is 1. The lowest BCUT2D eigenvalue weighted by Gasteiger charge is -2.18. The lowest BCUT2D eigenvalue weighted by atomic mass is 10.1. The van der Waals surface area contributed by atoms with Crippen molar-refractivity contribution in [3.8, 4) is 0 Å². The van der Waals surface area contributed by atoms with Gasteiger partial charge in [-0.25, -0.2) is 4.98 Å². The molecule has 4 heteroatoms. The van der Waals surface area contributed by atoms with Crippen LogP contribution in [0.1, 0.15) is 13.8 Å². The molecule has 3 aromatic rings. The molecule has 1 aromatic heterocycles. The second-order valence-corrected chi connectivity index (χ2v) is 7.04. The number of pyridine rings is 1. The van der Waals surface area contributed by atoms with E-state index in [1.54, 1.807) is 0 Å². The van der Waals surface area contributed by atoms with Crippen LogP contribution in [0.5, 0.6) is 0 Å². The quantitative estimate of drug-likeness (QED) is 0.435. The Labute approximate surface area is 146 Å². The van der Waals surface area contributed by atoms with Crippen molar-refractivity contribution in [2.45, 2.75) is 18.7 Å². The molecule has 0 fully saturated rings. The van der Waals surface area contributed by atoms with E-state index >= 15 is 0 Å². The average molecular weight is 345 g/mol. The van der Waals surface area contributed by atoms with Crippen LogP contribution in [0.15, 0.2) is 47.4 Å². The van der Waals surface area contributed by atoms with E-state index in [1.165, 1.54) is 15.7 Å². The zero-order valence-electron chi connectivity index (χ0n) is 13.6. The van der Waals surface area contributed by atoms with E-state index in [9.17, 15) is 0 Å². The third-order valence-corrected chi connectivity index (χ3v) is 5.49. The predicted molar refractivity (Wildman–Crippen MR) is 103 cm³/mol. The van der Waals surface area contributed by atoms with Crippen LogP contribution in [-0.2, 0) is 0 Å². The molecule has 0 atom stereocenters. The Hall–Kier alpha value is -1.29. The summed E-state index contributed by atoms with van der Waals surface area (Å²) in [6.45, 7) is 7.74. The van der Waals surface area contributed by atoms with Crippen molar-refractivity contribution in [2.75, 3.05) is 25.4 Å². The molecule has 2 aromatic carbocycles. The van der Waals surface area contributed by atoms with Crippen molar-refractivity contribution >= 4 is 45.2 Å². The Balaban J connectivity index is 2.01. The van der Waals surface area contributed by atoms with E-state index in [4.69, 9.17) is 16.6 Å². The Morgan fingerprint density at radius 1 is 1.00 bits per heavy atom. The maximum atomic E-state index is 6.15. The van der Waals surface area contributed by atoms with Crippen molar-refractivity contribution in [2.24, 2.45) is 0 Å². The zero-order chi connectivity index (χ0) is 16.2. The summed E-state index contributed by atoms with van der Waals surface area (Å²) in [5.41, 5.74) is 2.01. The number of hydrogen-bond donors (Lipinski definition) is 0. The fraction of sp³-hybridized carbons (Fsp3) is 0.316. The summed E-state index contributed by atoms with van der Waals surface area (Å²) in [5.74, 6) is 1.08. The van der Waals surface area contributed by atoms with E-state index in [0.29, 0.717) is 0 Å². The standard InChI is InChI=1S/C19H21ClN2S/c1-3-22(4-2)11-12-23-19-15-7-5-6-8-17(15)21-18-13-14(20)9-10-16(18)19/h5-10,13H,3-4,11-12H2,1-2H3. The summed E-state index contributed by atoms with van der Waals surface area (Å²) in [4.78, 5) is 8.53. The first-order chi connectivity index (χ1) is 11.2. The third-order valence-electron chi connectivity index (χ3n) is 4.14. The topological polar surface area (TPSA) is 16.1 Å². The van der Waals surface area contributed by atoms with Gasteiger partial charge in [0.05, 0.1) is 11.0 Å². The molecule has 0 saturated carbocycles. The van der Waals surface area contributed by atoms with Crippen molar-refractivity contribution in [1.82, 2.24) is 9.88 Å². The number of nitrogens with zero attached hydrogens (tertiary/aromatic N) is 2. The Morgan fingerprint density at radius 2 is 1.74 bits per heavy atom. The molecule has 0 amide bonds. The summed E-state index contributed by atoms with van der Waals surface area (Å²) in [5, 5.41) is 3.16. The van der Waals surface area contributed by atoms with Crippen molar-refractivity contribution in [3.05, 3.63) is 47.5 Å². The van der Waals surface area contributed by atoms with Crippen LogP contribution in [-0.4, -0.2) is 35.3 Å². The van der Waals surface area contributed by atoms with Gasteiger partial charge in [-0.05, 0) is 31.3 Å². The van der Waals surface area contributed by atoms with Crippen LogP contribution in [0.25, 0.3) is 21.8 Å². The van der Waals surface area contributed by atoms with E-state index in [0.717, 1.165) is 41.4 Å². The van der Waals surface area contributed by atoms with Gasteiger partial charge in [-0.15, -0.1) is 11.8 Å². The maximum Gasteiger partial charge on any atom is 0.0735 e. The largest absolute Gasteiger partial charge is 0.303 e. The number of aromatic nitrogens is 1.